The summed E-state index contributed by atoms with van der Waals surface area (Å²) in [5.74, 6) is 0.823. The van der Waals surface area contributed by atoms with Gasteiger partial charge in [0.25, 0.3) is 0 Å². The van der Waals surface area contributed by atoms with Crippen LogP contribution in [0.5, 0.6) is 0 Å². The molecule has 0 aromatic heterocycles. The third-order valence-electron chi connectivity index (χ3n) is 4.62. The van der Waals surface area contributed by atoms with Crippen LogP contribution < -0.4 is 0 Å². The molecule has 0 aliphatic heterocycles. The molecule has 0 heterocycles. The second-order valence-electron chi connectivity index (χ2n) is 8.12. The maximum Gasteiger partial charge on any atom is 0.160 e. The molecule has 0 aromatic rings. The third-order valence-corrected chi connectivity index (χ3v) is 4.62. The van der Waals surface area contributed by atoms with Gasteiger partial charge in [0.2, 0.25) is 0 Å². The largest absolute Gasteiger partial charge is 0.367 e. The molecule has 19 heavy (non-hydrogen) atoms. The maximum atomic E-state index is 10.5. The van der Waals surface area contributed by atoms with Crippen LogP contribution in [0.15, 0.2) is 0 Å². The van der Waals surface area contributed by atoms with Gasteiger partial charge < -0.3 is 9.84 Å². The van der Waals surface area contributed by atoms with E-state index in [2.05, 4.69) is 41.5 Å². The van der Waals surface area contributed by atoms with Crippen molar-refractivity contribution in [2.45, 2.75) is 92.5 Å². The molecule has 0 amide bonds. The van der Waals surface area contributed by atoms with Crippen molar-refractivity contribution in [3.05, 3.63) is 0 Å². The molecule has 1 N–H and O–H groups in total. The number of hydrogen-bond donors (Lipinski definition) is 1. The first-order chi connectivity index (χ1) is 8.66. The molecule has 0 saturated heterocycles. The monoisotopic (exact) mass is 270 g/mol. The predicted octanol–water partition coefficient (Wildman–Crippen LogP) is 4.75. The Kier molecular flexibility index (Phi) is 5.88. The lowest BCUT2D eigenvalue weighted by Gasteiger charge is -2.40. The van der Waals surface area contributed by atoms with Gasteiger partial charge in [-0.05, 0) is 49.9 Å². The lowest BCUT2D eigenvalue weighted by molar-refractivity contribution is -0.211. The summed E-state index contributed by atoms with van der Waals surface area (Å²) >= 11 is 0. The normalized spacial score (nSPS) is 29.8. The van der Waals surface area contributed by atoms with Crippen molar-refractivity contribution < 1.29 is 9.84 Å². The second-order valence-corrected chi connectivity index (χ2v) is 8.12. The lowest BCUT2D eigenvalue weighted by atomic mass is 9.73. The number of hydrogen-bond acceptors (Lipinski definition) is 2. The summed E-state index contributed by atoms with van der Waals surface area (Å²) in [6.07, 6.45) is 6.25. The van der Waals surface area contributed by atoms with Gasteiger partial charge in [-0.2, -0.15) is 0 Å². The fourth-order valence-corrected chi connectivity index (χ4v) is 3.31. The van der Waals surface area contributed by atoms with Crippen LogP contribution in [0, 0.1) is 16.7 Å². The minimum Gasteiger partial charge on any atom is -0.367 e. The van der Waals surface area contributed by atoms with Gasteiger partial charge in [-0.1, -0.05) is 41.5 Å². The highest BCUT2D eigenvalue weighted by Gasteiger charge is 2.37. The van der Waals surface area contributed by atoms with Crippen LogP contribution in [0.25, 0.3) is 0 Å². The molecule has 0 bridgehead atoms. The van der Waals surface area contributed by atoms with Gasteiger partial charge in [-0.25, -0.2) is 0 Å². The molecular weight excluding hydrogens is 236 g/mol. The highest BCUT2D eigenvalue weighted by Crippen LogP contribution is 2.40. The Bertz CT molecular complexity index is 261. The molecule has 1 saturated carbocycles. The van der Waals surface area contributed by atoms with E-state index in [0.29, 0.717) is 0 Å². The second kappa shape index (κ2) is 6.58. The minimum absolute atomic E-state index is 0.138. The molecule has 0 radical (unpaired) electrons. The van der Waals surface area contributed by atoms with E-state index in [4.69, 9.17) is 4.74 Å². The molecule has 2 nitrogen and oxygen atoms in total. The Labute approximate surface area is 119 Å². The minimum atomic E-state index is -0.630. The lowest BCUT2D eigenvalue weighted by Crippen LogP contribution is -2.40. The van der Waals surface area contributed by atoms with Crippen molar-refractivity contribution in [3.8, 4) is 0 Å². The van der Waals surface area contributed by atoms with Crippen molar-refractivity contribution in [1.29, 1.82) is 0 Å². The zero-order valence-corrected chi connectivity index (χ0v) is 13.8. The number of aliphatic hydroxyl groups is 1. The van der Waals surface area contributed by atoms with Gasteiger partial charge in [0.15, 0.2) is 6.29 Å². The van der Waals surface area contributed by atoms with Crippen molar-refractivity contribution in [1.82, 2.24) is 0 Å². The van der Waals surface area contributed by atoms with E-state index in [1.165, 1.54) is 12.8 Å². The molecule has 1 aliphatic rings. The third kappa shape index (κ3) is 5.43. The quantitative estimate of drug-likeness (QED) is 0.730. The van der Waals surface area contributed by atoms with Crippen LogP contribution in [0.1, 0.15) is 80.1 Å². The van der Waals surface area contributed by atoms with E-state index < -0.39 is 6.29 Å². The van der Waals surface area contributed by atoms with Crippen LogP contribution in [0.2, 0.25) is 0 Å². The van der Waals surface area contributed by atoms with Crippen molar-refractivity contribution in [3.63, 3.8) is 0 Å². The van der Waals surface area contributed by atoms with Gasteiger partial charge in [0.05, 0.1) is 6.10 Å². The number of rotatable bonds is 5. The highest BCUT2D eigenvalue weighted by molar-refractivity contribution is 4.83. The number of aliphatic hydroxyl groups excluding tert-OH is 1. The molecule has 1 aliphatic carbocycles. The van der Waals surface area contributed by atoms with Crippen molar-refractivity contribution in [2.75, 3.05) is 0 Å². The molecule has 2 atom stereocenters. The topological polar surface area (TPSA) is 29.5 Å². The molecule has 0 aromatic carbocycles. The zero-order chi connectivity index (χ0) is 14.7. The molecule has 2 unspecified atom stereocenters. The van der Waals surface area contributed by atoms with Crippen LogP contribution in [0.4, 0.5) is 0 Å². The molecule has 114 valence electrons. The summed E-state index contributed by atoms with van der Waals surface area (Å²) in [6, 6.07) is 0. The fourth-order valence-electron chi connectivity index (χ4n) is 3.31. The predicted molar refractivity (Wildman–Crippen MR) is 81.0 cm³/mol. The maximum absolute atomic E-state index is 10.5. The standard InChI is InChI=1S/C17H34O2/c1-7-17(6,12-16(3,4)5)15(18)19-14-10-8-13(2)9-11-14/h13-15,18H,7-12H2,1-6H3. The smallest absolute Gasteiger partial charge is 0.160 e. The average Bonchev–Trinajstić information content (AvgIpc) is 2.29. The fraction of sp³-hybridized carbons (Fsp3) is 1.00. The van der Waals surface area contributed by atoms with Gasteiger partial charge in [0, 0.05) is 5.41 Å². The van der Waals surface area contributed by atoms with E-state index in [-0.39, 0.29) is 16.9 Å². The van der Waals surface area contributed by atoms with Crippen LogP contribution in [-0.2, 0) is 4.74 Å². The zero-order valence-electron chi connectivity index (χ0n) is 13.8. The van der Waals surface area contributed by atoms with Crippen molar-refractivity contribution in [2.24, 2.45) is 16.7 Å². The van der Waals surface area contributed by atoms with Crippen molar-refractivity contribution >= 4 is 0 Å². The summed E-state index contributed by atoms with van der Waals surface area (Å²) in [5, 5.41) is 10.5. The summed E-state index contributed by atoms with van der Waals surface area (Å²) in [6.45, 7) is 13.3. The Morgan fingerprint density at radius 1 is 1.11 bits per heavy atom. The van der Waals surface area contributed by atoms with E-state index in [9.17, 15) is 5.11 Å². The Hall–Kier alpha value is -0.0800. The first-order valence-electron chi connectivity index (χ1n) is 8.00. The van der Waals surface area contributed by atoms with Gasteiger partial charge in [-0.3, -0.25) is 0 Å². The van der Waals surface area contributed by atoms with E-state index in [0.717, 1.165) is 31.6 Å². The average molecular weight is 270 g/mol. The first kappa shape index (κ1) is 17.0. The van der Waals surface area contributed by atoms with Gasteiger partial charge >= 0.3 is 0 Å². The molecule has 1 fully saturated rings. The Morgan fingerprint density at radius 3 is 2.05 bits per heavy atom. The Morgan fingerprint density at radius 2 is 1.63 bits per heavy atom. The van der Waals surface area contributed by atoms with Gasteiger partial charge in [0.1, 0.15) is 0 Å². The van der Waals surface area contributed by atoms with Crippen LogP contribution >= 0.6 is 0 Å². The summed E-state index contributed by atoms with van der Waals surface area (Å²) in [7, 11) is 0. The van der Waals surface area contributed by atoms with E-state index >= 15 is 0 Å². The number of ether oxygens (including phenoxy) is 1. The van der Waals surface area contributed by atoms with E-state index in [1.54, 1.807) is 0 Å². The summed E-state index contributed by atoms with van der Waals surface area (Å²) in [4.78, 5) is 0. The van der Waals surface area contributed by atoms with E-state index in [1.807, 2.05) is 0 Å². The SMILES string of the molecule is CCC(C)(CC(C)(C)C)C(O)OC1CCC(C)CC1. The first-order valence-corrected chi connectivity index (χ1v) is 8.00. The molecule has 0 spiro atoms. The summed E-state index contributed by atoms with van der Waals surface area (Å²) in [5.41, 5.74) is 0.0808. The highest BCUT2D eigenvalue weighted by atomic mass is 16.6. The molecule has 1 rings (SSSR count). The van der Waals surface area contributed by atoms with Gasteiger partial charge in [-0.15, -0.1) is 0 Å². The molecular formula is C17H34O2. The summed E-state index contributed by atoms with van der Waals surface area (Å²) < 4.78 is 6.00. The van der Waals surface area contributed by atoms with Crippen LogP contribution in [0.3, 0.4) is 0 Å². The molecule has 2 heteroatoms. The Balaban J connectivity index is 2.55. The van der Waals surface area contributed by atoms with Crippen LogP contribution in [-0.4, -0.2) is 17.5 Å².